The molecule has 0 radical (unpaired) electrons. The second-order valence-corrected chi connectivity index (χ2v) is 7.29. The Kier molecular flexibility index (Phi) is 6.26. The summed E-state index contributed by atoms with van der Waals surface area (Å²) in [5.74, 6) is 0.476. The van der Waals surface area contributed by atoms with Crippen LogP contribution in [0.15, 0.2) is 66.7 Å². The van der Waals surface area contributed by atoms with Crippen LogP contribution in [0.1, 0.15) is 17.3 Å². The molecule has 0 aliphatic rings. The first-order chi connectivity index (χ1) is 16.0. The summed E-state index contributed by atoms with van der Waals surface area (Å²) < 4.78 is 15.9. The largest absolute Gasteiger partial charge is 0.497 e. The number of H-pyrrole nitrogens is 1. The fraction of sp³-hybridized carbons (Fsp3) is 0.160. The SMILES string of the molecule is COc1cc(NC(=O)C(C)OC(=O)c2ccccc2-c2nc3ccccc3[nH]2)cc(OC)c1. The summed E-state index contributed by atoms with van der Waals surface area (Å²) in [6.45, 7) is 1.51. The van der Waals surface area contributed by atoms with Gasteiger partial charge in [0.2, 0.25) is 0 Å². The Balaban J connectivity index is 1.51. The average Bonchev–Trinajstić information content (AvgIpc) is 3.27. The van der Waals surface area contributed by atoms with Crippen molar-refractivity contribution in [2.45, 2.75) is 13.0 Å². The van der Waals surface area contributed by atoms with E-state index in [2.05, 4.69) is 15.3 Å². The van der Waals surface area contributed by atoms with Gasteiger partial charge in [-0.15, -0.1) is 0 Å². The van der Waals surface area contributed by atoms with Crippen LogP contribution in [0.3, 0.4) is 0 Å². The van der Waals surface area contributed by atoms with E-state index in [0.29, 0.717) is 34.1 Å². The van der Waals surface area contributed by atoms with Gasteiger partial charge in [-0.3, -0.25) is 4.79 Å². The topological polar surface area (TPSA) is 103 Å². The molecule has 0 bridgehead atoms. The van der Waals surface area contributed by atoms with Crippen LogP contribution < -0.4 is 14.8 Å². The van der Waals surface area contributed by atoms with Gasteiger partial charge in [0.05, 0.1) is 30.8 Å². The van der Waals surface area contributed by atoms with Crippen molar-refractivity contribution in [3.8, 4) is 22.9 Å². The summed E-state index contributed by atoms with van der Waals surface area (Å²) in [6, 6.07) is 19.5. The van der Waals surface area contributed by atoms with Gasteiger partial charge >= 0.3 is 5.97 Å². The van der Waals surface area contributed by atoms with Crippen LogP contribution in [-0.4, -0.2) is 42.2 Å². The fourth-order valence-corrected chi connectivity index (χ4v) is 3.35. The Hall–Kier alpha value is -4.33. The molecular weight excluding hydrogens is 422 g/mol. The number of benzene rings is 3. The van der Waals surface area contributed by atoms with Gasteiger partial charge in [-0.05, 0) is 25.1 Å². The van der Waals surface area contributed by atoms with Crippen molar-refractivity contribution in [3.63, 3.8) is 0 Å². The average molecular weight is 445 g/mol. The van der Waals surface area contributed by atoms with Gasteiger partial charge in [0.1, 0.15) is 17.3 Å². The number of nitrogens with one attached hydrogen (secondary N) is 2. The Morgan fingerprint density at radius 2 is 1.61 bits per heavy atom. The number of anilines is 1. The number of carbonyl (C=O) groups is 2. The molecular formula is C25H23N3O5. The van der Waals surface area contributed by atoms with Crippen LogP contribution in [0.4, 0.5) is 5.69 Å². The van der Waals surface area contributed by atoms with Crippen LogP contribution in [0, 0.1) is 0 Å². The van der Waals surface area contributed by atoms with Gasteiger partial charge in [0.15, 0.2) is 6.10 Å². The highest BCUT2D eigenvalue weighted by molar-refractivity contribution is 6.00. The third-order valence-electron chi connectivity index (χ3n) is 5.06. The second kappa shape index (κ2) is 9.44. The molecule has 4 aromatic rings. The molecule has 1 aromatic heterocycles. The summed E-state index contributed by atoms with van der Waals surface area (Å²) in [5, 5.41) is 2.72. The molecule has 0 fully saturated rings. The summed E-state index contributed by atoms with van der Waals surface area (Å²) in [4.78, 5) is 33.4. The summed E-state index contributed by atoms with van der Waals surface area (Å²) in [6.07, 6.45) is -1.04. The molecule has 1 heterocycles. The van der Waals surface area contributed by atoms with E-state index in [1.165, 1.54) is 21.1 Å². The summed E-state index contributed by atoms with van der Waals surface area (Å²) >= 11 is 0. The number of hydrogen-bond donors (Lipinski definition) is 2. The molecule has 168 valence electrons. The van der Waals surface area contributed by atoms with E-state index < -0.39 is 18.0 Å². The number of methoxy groups -OCH3 is 2. The summed E-state index contributed by atoms with van der Waals surface area (Å²) in [5.41, 5.74) is 3.00. The van der Waals surface area contributed by atoms with Gasteiger partial charge in [-0.25, -0.2) is 9.78 Å². The number of nitrogens with zero attached hydrogens (tertiary/aromatic N) is 1. The third-order valence-corrected chi connectivity index (χ3v) is 5.06. The van der Waals surface area contributed by atoms with E-state index in [1.54, 1.807) is 36.4 Å². The molecule has 0 saturated heterocycles. The maximum atomic E-state index is 12.9. The van der Waals surface area contributed by atoms with E-state index in [-0.39, 0.29) is 0 Å². The minimum absolute atomic E-state index is 0.305. The number of para-hydroxylation sites is 2. The van der Waals surface area contributed by atoms with Gasteiger partial charge in [-0.2, -0.15) is 0 Å². The molecule has 0 spiro atoms. The second-order valence-electron chi connectivity index (χ2n) is 7.29. The number of aromatic amines is 1. The van der Waals surface area contributed by atoms with Gasteiger partial charge < -0.3 is 24.5 Å². The van der Waals surface area contributed by atoms with E-state index in [0.717, 1.165) is 11.0 Å². The molecule has 1 atom stereocenters. The maximum absolute atomic E-state index is 12.9. The number of ether oxygens (including phenoxy) is 3. The minimum Gasteiger partial charge on any atom is -0.497 e. The lowest BCUT2D eigenvalue weighted by Crippen LogP contribution is -2.30. The molecule has 0 aliphatic carbocycles. The maximum Gasteiger partial charge on any atom is 0.339 e. The van der Waals surface area contributed by atoms with Crippen molar-refractivity contribution in [2.75, 3.05) is 19.5 Å². The first kappa shape index (κ1) is 21.9. The molecule has 8 heteroatoms. The lowest BCUT2D eigenvalue weighted by molar-refractivity contribution is -0.123. The Bertz CT molecular complexity index is 1260. The minimum atomic E-state index is -1.04. The van der Waals surface area contributed by atoms with E-state index >= 15 is 0 Å². The molecule has 3 aromatic carbocycles. The molecule has 2 N–H and O–H groups in total. The van der Waals surface area contributed by atoms with Crippen LogP contribution in [-0.2, 0) is 9.53 Å². The van der Waals surface area contributed by atoms with Gasteiger partial charge in [-0.1, -0.05) is 30.3 Å². The third kappa shape index (κ3) is 4.79. The highest BCUT2D eigenvalue weighted by Crippen LogP contribution is 2.27. The molecule has 4 rings (SSSR count). The number of hydrogen-bond acceptors (Lipinski definition) is 6. The predicted molar refractivity (Wildman–Crippen MR) is 125 cm³/mol. The van der Waals surface area contributed by atoms with Crippen molar-refractivity contribution in [3.05, 3.63) is 72.3 Å². The molecule has 8 nitrogen and oxygen atoms in total. The number of aromatic nitrogens is 2. The number of fused-ring (bicyclic) bond motifs is 1. The zero-order valence-electron chi connectivity index (χ0n) is 18.4. The number of carbonyl (C=O) groups excluding carboxylic acids is 2. The predicted octanol–water partition coefficient (Wildman–Crippen LogP) is 4.43. The first-order valence-corrected chi connectivity index (χ1v) is 10.3. The monoisotopic (exact) mass is 445 g/mol. The standard InChI is InChI=1S/C25H23N3O5/c1-15(24(29)26-16-12-17(31-2)14-18(13-16)32-3)33-25(30)20-9-5-4-8-19(20)23-27-21-10-6-7-11-22(21)28-23/h4-15H,1-3H3,(H,26,29)(H,27,28). The quantitative estimate of drug-likeness (QED) is 0.408. The smallest absolute Gasteiger partial charge is 0.339 e. The normalized spacial score (nSPS) is 11.6. The molecule has 0 aliphatic heterocycles. The lowest BCUT2D eigenvalue weighted by Gasteiger charge is -2.15. The Labute approximate surface area is 190 Å². The summed E-state index contributed by atoms with van der Waals surface area (Å²) in [7, 11) is 3.04. The highest BCUT2D eigenvalue weighted by atomic mass is 16.5. The van der Waals surface area contributed by atoms with Crippen LogP contribution in [0.25, 0.3) is 22.4 Å². The van der Waals surface area contributed by atoms with E-state index in [1.807, 2.05) is 30.3 Å². The zero-order chi connectivity index (χ0) is 23.4. The first-order valence-electron chi connectivity index (χ1n) is 10.3. The molecule has 33 heavy (non-hydrogen) atoms. The van der Waals surface area contributed by atoms with Gasteiger partial charge in [0, 0.05) is 29.4 Å². The van der Waals surface area contributed by atoms with Gasteiger partial charge in [0.25, 0.3) is 5.91 Å². The van der Waals surface area contributed by atoms with Crippen molar-refractivity contribution in [2.24, 2.45) is 0 Å². The Morgan fingerprint density at radius 3 is 2.30 bits per heavy atom. The van der Waals surface area contributed by atoms with Crippen LogP contribution >= 0.6 is 0 Å². The zero-order valence-corrected chi connectivity index (χ0v) is 18.4. The highest BCUT2D eigenvalue weighted by Gasteiger charge is 2.22. The Morgan fingerprint density at radius 1 is 0.939 bits per heavy atom. The van der Waals surface area contributed by atoms with Crippen molar-refractivity contribution >= 4 is 28.6 Å². The van der Waals surface area contributed by atoms with Crippen LogP contribution in [0.5, 0.6) is 11.5 Å². The van der Waals surface area contributed by atoms with Crippen molar-refractivity contribution in [1.29, 1.82) is 0 Å². The molecule has 1 unspecified atom stereocenters. The van der Waals surface area contributed by atoms with Crippen LogP contribution in [0.2, 0.25) is 0 Å². The lowest BCUT2D eigenvalue weighted by atomic mass is 10.1. The molecule has 0 saturated carbocycles. The fourth-order valence-electron chi connectivity index (χ4n) is 3.35. The van der Waals surface area contributed by atoms with E-state index in [4.69, 9.17) is 14.2 Å². The number of imidazole rings is 1. The number of amides is 1. The molecule has 1 amide bonds. The van der Waals surface area contributed by atoms with Crippen molar-refractivity contribution in [1.82, 2.24) is 9.97 Å². The van der Waals surface area contributed by atoms with E-state index in [9.17, 15) is 9.59 Å². The van der Waals surface area contributed by atoms with Crippen molar-refractivity contribution < 1.29 is 23.8 Å². The number of esters is 1. The number of rotatable bonds is 7.